The van der Waals surface area contributed by atoms with Gasteiger partial charge >= 0.3 is 0 Å². The molecule has 1 saturated heterocycles. The first-order valence-electron chi connectivity index (χ1n) is 8.01. The van der Waals surface area contributed by atoms with E-state index in [2.05, 4.69) is 51.2 Å². The SMILES string of the molecule is C[C@H](Nc1cc(N2CCN(C)CC2)nc(N)n1)c1ccccc1. The Balaban J connectivity index is 1.75. The first kappa shape index (κ1) is 15.6. The van der Waals surface area contributed by atoms with E-state index in [0.717, 1.165) is 37.8 Å². The second kappa shape index (κ2) is 6.83. The van der Waals surface area contributed by atoms with E-state index >= 15 is 0 Å². The van der Waals surface area contributed by atoms with Gasteiger partial charge in [-0.25, -0.2) is 0 Å². The number of aromatic nitrogens is 2. The summed E-state index contributed by atoms with van der Waals surface area (Å²) in [5.74, 6) is 1.97. The molecule has 0 unspecified atom stereocenters. The maximum atomic E-state index is 5.91. The second-order valence-electron chi connectivity index (χ2n) is 6.04. The van der Waals surface area contributed by atoms with Crippen LogP contribution in [0.25, 0.3) is 0 Å². The zero-order valence-corrected chi connectivity index (χ0v) is 13.7. The average Bonchev–Trinajstić information content (AvgIpc) is 2.56. The smallest absolute Gasteiger partial charge is 0.223 e. The number of rotatable bonds is 4. The van der Waals surface area contributed by atoms with Crippen LogP contribution in [-0.2, 0) is 0 Å². The van der Waals surface area contributed by atoms with Crippen LogP contribution in [0.3, 0.4) is 0 Å². The number of hydrogen-bond donors (Lipinski definition) is 2. The number of likely N-dealkylation sites (N-methyl/N-ethyl adjacent to an activating group) is 1. The van der Waals surface area contributed by atoms with E-state index in [1.54, 1.807) is 0 Å². The van der Waals surface area contributed by atoms with Crippen LogP contribution in [-0.4, -0.2) is 48.1 Å². The summed E-state index contributed by atoms with van der Waals surface area (Å²) in [5.41, 5.74) is 7.12. The minimum Gasteiger partial charge on any atom is -0.368 e. The molecule has 1 aromatic heterocycles. The Bertz CT molecular complexity index is 637. The standard InChI is InChI=1S/C17H24N6/c1-13(14-6-4-3-5-7-14)19-15-12-16(21-17(18)20-15)23-10-8-22(2)9-11-23/h3-7,12-13H,8-11H2,1-2H3,(H3,18,19,20,21)/t13-/m0/s1. The van der Waals surface area contributed by atoms with Crippen LogP contribution in [0.1, 0.15) is 18.5 Å². The molecule has 1 fully saturated rings. The van der Waals surface area contributed by atoms with Crippen LogP contribution in [0.2, 0.25) is 0 Å². The van der Waals surface area contributed by atoms with Crippen LogP contribution < -0.4 is 16.0 Å². The van der Waals surface area contributed by atoms with Gasteiger partial charge in [0.25, 0.3) is 0 Å². The van der Waals surface area contributed by atoms with Gasteiger partial charge in [0.1, 0.15) is 11.6 Å². The van der Waals surface area contributed by atoms with Crippen molar-refractivity contribution in [3.63, 3.8) is 0 Å². The number of piperazine rings is 1. The summed E-state index contributed by atoms with van der Waals surface area (Å²) in [6.07, 6.45) is 0. The molecular weight excluding hydrogens is 288 g/mol. The van der Waals surface area contributed by atoms with Crippen LogP contribution in [0.5, 0.6) is 0 Å². The first-order valence-corrected chi connectivity index (χ1v) is 8.01. The van der Waals surface area contributed by atoms with Crippen molar-refractivity contribution in [2.24, 2.45) is 0 Å². The van der Waals surface area contributed by atoms with Crippen molar-refractivity contribution in [3.8, 4) is 0 Å². The lowest BCUT2D eigenvalue weighted by Crippen LogP contribution is -2.44. The van der Waals surface area contributed by atoms with Gasteiger partial charge < -0.3 is 20.9 Å². The van der Waals surface area contributed by atoms with E-state index in [9.17, 15) is 0 Å². The summed E-state index contributed by atoms with van der Waals surface area (Å²) in [6, 6.07) is 12.4. The molecular formula is C17H24N6. The van der Waals surface area contributed by atoms with Gasteiger partial charge in [-0.1, -0.05) is 30.3 Å². The molecule has 1 aliphatic heterocycles. The molecule has 1 atom stereocenters. The van der Waals surface area contributed by atoms with Gasteiger partial charge in [0.2, 0.25) is 5.95 Å². The van der Waals surface area contributed by atoms with Crippen molar-refractivity contribution in [1.29, 1.82) is 0 Å². The van der Waals surface area contributed by atoms with Gasteiger partial charge in [-0.2, -0.15) is 9.97 Å². The van der Waals surface area contributed by atoms with Crippen molar-refractivity contribution in [3.05, 3.63) is 42.0 Å². The summed E-state index contributed by atoms with van der Waals surface area (Å²) in [4.78, 5) is 13.3. The third-order valence-electron chi connectivity index (χ3n) is 4.22. The summed E-state index contributed by atoms with van der Waals surface area (Å²) >= 11 is 0. The molecule has 6 heteroatoms. The van der Waals surface area contributed by atoms with E-state index < -0.39 is 0 Å². The zero-order chi connectivity index (χ0) is 16.2. The molecule has 23 heavy (non-hydrogen) atoms. The van der Waals surface area contributed by atoms with Gasteiger partial charge in [-0.05, 0) is 19.5 Å². The maximum absolute atomic E-state index is 5.91. The molecule has 1 aliphatic rings. The summed E-state index contributed by atoms with van der Waals surface area (Å²) < 4.78 is 0. The fourth-order valence-electron chi connectivity index (χ4n) is 2.77. The monoisotopic (exact) mass is 312 g/mol. The highest BCUT2D eigenvalue weighted by Gasteiger charge is 2.17. The molecule has 0 aliphatic carbocycles. The molecule has 122 valence electrons. The van der Waals surface area contributed by atoms with Gasteiger partial charge in [-0.3, -0.25) is 0 Å². The van der Waals surface area contributed by atoms with E-state index in [1.165, 1.54) is 5.56 Å². The molecule has 0 spiro atoms. The fraction of sp³-hybridized carbons (Fsp3) is 0.412. The number of hydrogen-bond acceptors (Lipinski definition) is 6. The molecule has 0 bridgehead atoms. The highest BCUT2D eigenvalue weighted by molar-refractivity contribution is 5.53. The number of nitrogens with one attached hydrogen (secondary N) is 1. The molecule has 0 saturated carbocycles. The number of anilines is 3. The Morgan fingerprint density at radius 1 is 1.09 bits per heavy atom. The van der Waals surface area contributed by atoms with Gasteiger partial charge in [0.15, 0.2) is 0 Å². The summed E-state index contributed by atoms with van der Waals surface area (Å²) in [5, 5.41) is 3.42. The highest BCUT2D eigenvalue weighted by Crippen LogP contribution is 2.22. The van der Waals surface area contributed by atoms with Crippen molar-refractivity contribution in [2.75, 3.05) is 49.2 Å². The van der Waals surface area contributed by atoms with Crippen LogP contribution in [0.15, 0.2) is 36.4 Å². The maximum Gasteiger partial charge on any atom is 0.223 e. The summed E-state index contributed by atoms with van der Waals surface area (Å²) in [6.45, 7) is 6.10. The van der Waals surface area contributed by atoms with Crippen LogP contribution in [0.4, 0.5) is 17.6 Å². The normalized spacial score (nSPS) is 17.0. The van der Waals surface area contributed by atoms with E-state index in [4.69, 9.17) is 5.73 Å². The second-order valence-corrected chi connectivity index (χ2v) is 6.04. The molecule has 3 rings (SSSR count). The van der Waals surface area contributed by atoms with Crippen molar-refractivity contribution in [2.45, 2.75) is 13.0 Å². The fourth-order valence-corrected chi connectivity index (χ4v) is 2.77. The zero-order valence-electron chi connectivity index (χ0n) is 13.7. The Hall–Kier alpha value is -2.34. The Labute approximate surface area is 137 Å². The predicted molar refractivity (Wildman–Crippen MR) is 94.6 cm³/mol. The van der Waals surface area contributed by atoms with Crippen LogP contribution in [0, 0.1) is 0 Å². The topological polar surface area (TPSA) is 70.3 Å². The number of nitrogens with zero attached hydrogens (tertiary/aromatic N) is 4. The lowest BCUT2D eigenvalue weighted by molar-refractivity contribution is 0.312. The lowest BCUT2D eigenvalue weighted by Gasteiger charge is -2.33. The Morgan fingerprint density at radius 2 is 1.78 bits per heavy atom. The summed E-state index contributed by atoms with van der Waals surface area (Å²) in [7, 11) is 2.14. The molecule has 1 aromatic carbocycles. The predicted octanol–water partition coefficient (Wildman–Crippen LogP) is 1.98. The molecule has 2 aromatic rings. The molecule has 2 heterocycles. The van der Waals surface area contributed by atoms with E-state index in [1.807, 2.05) is 24.3 Å². The van der Waals surface area contributed by atoms with Gasteiger partial charge in [-0.15, -0.1) is 0 Å². The van der Waals surface area contributed by atoms with Crippen molar-refractivity contribution >= 4 is 17.6 Å². The third-order valence-corrected chi connectivity index (χ3v) is 4.22. The van der Waals surface area contributed by atoms with Crippen molar-refractivity contribution < 1.29 is 0 Å². The number of benzene rings is 1. The first-order chi connectivity index (χ1) is 11.1. The van der Waals surface area contributed by atoms with Crippen molar-refractivity contribution in [1.82, 2.24) is 14.9 Å². The molecule has 0 amide bonds. The minimum absolute atomic E-state index is 0.158. The third kappa shape index (κ3) is 3.90. The average molecular weight is 312 g/mol. The molecule has 3 N–H and O–H groups in total. The lowest BCUT2D eigenvalue weighted by atomic mass is 10.1. The van der Waals surface area contributed by atoms with Gasteiger partial charge in [0, 0.05) is 38.3 Å². The quantitative estimate of drug-likeness (QED) is 0.899. The van der Waals surface area contributed by atoms with Crippen LogP contribution >= 0.6 is 0 Å². The highest BCUT2D eigenvalue weighted by atomic mass is 15.3. The molecule has 0 radical (unpaired) electrons. The molecule has 6 nitrogen and oxygen atoms in total. The Morgan fingerprint density at radius 3 is 2.48 bits per heavy atom. The Kier molecular flexibility index (Phi) is 4.62. The van der Waals surface area contributed by atoms with E-state index in [0.29, 0.717) is 5.95 Å². The number of nitrogen functional groups attached to an aromatic ring is 1. The van der Waals surface area contributed by atoms with E-state index in [-0.39, 0.29) is 6.04 Å². The van der Waals surface area contributed by atoms with Gasteiger partial charge in [0.05, 0.1) is 0 Å². The number of nitrogens with two attached hydrogens (primary N) is 1. The minimum atomic E-state index is 0.158. The largest absolute Gasteiger partial charge is 0.368 e.